The maximum atomic E-state index is 11.1. The first-order chi connectivity index (χ1) is 5.69. The van der Waals surface area contributed by atoms with Crippen LogP contribution in [-0.2, 0) is 0 Å². The molecule has 3 nitrogen and oxygen atoms in total. The molecule has 0 bridgehead atoms. The third-order valence-corrected chi connectivity index (χ3v) is 2.68. The maximum Gasteiger partial charge on any atom is 0.261 e. The number of nitrogens with one attached hydrogen (secondary N) is 1. The summed E-state index contributed by atoms with van der Waals surface area (Å²) in [7, 11) is 1.57. The van der Waals surface area contributed by atoms with Crippen molar-refractivity contribution in [2.75, 3.05) is 7.05 Å². The van der Waals surface area contributed by atoms with Crippen LogP contribution in [0.5, 0.6) is 0 Å². The summed E-state index contributed by atoms with van der Waals surface area (Å²) in [5.74, 6) is -0.142. The van der Waals surface area contributed by atoms with Crippen molar-refractivity contribution in [3.63, 3.8) is 0 Å². The van der Waals surface area contributed by atoms with Gasteiger partial charge in [-0.2, -0.15) is 0 Å². The summed E-state index contributed by atoms with van der Waals surface area (Å²) < 4.78 is 0. The van der Waals surface area contributed by atoms with Crippen molar-refractivity contribution in [2.45, 2.75) is 6.92 Å². The lowest BCUT2D eigenvalue weighted by atomic mass is 10.3. The molecule has 0 fully saturated rings. The Morgan fingerprint density at radius 1 is 1.67 bits per heavy atom. The Hall–Kier alpha value is -1.16. The molecular weight excluding hydrogens is 174 g/mol. The molecule has 1 N–H and O–H groups in total. The molecule has 0 aromatic carbocycles. The standard InChI is InChI=1S/C8H9NO2S/c1-5-3-6(8(11)9-2)12-7(5)4-10/h3-4H,1-2H3,(H,9,11). The van der Waals surface area contributed by atoms with Crippen LogP contribution in [0.4, 0.5) is 0 Å². The van der Waals surface area contributed by atoms with E-state index in [9.17, 15) is 9.59 Å². The molecule has 0 radical (unpaired) electrons. The van der Waals surface area contributed by atoms with E-state index >= 15 is 0 Å². The molecule has 0 atom stereocenters. The molecule has 0 spiro atoms. The van der Waals surface area contributed by atoms with Crippen molar-refractivity contribution >= 4 is 23.5 Å². The van der Waals surface area contributed by atoms with E-state index in [0.29, 0.717) is 9.75 Å². The van der Waals surface area contributed by atoms with Gasteiger partial charge < -0.3 is 5.32 Å². The number of hydrogen-bond acceptors (Lipinski definition) is 3. The van der Waals surface area contributed by atoms with Crippen LogP contribution < -0.4 is 5.32 Å². The van der Waals surface area contributed by atoms with Crippen molar-refractivity contribution in [1.82, 2.24) is 5.32 Å². The third kappa shape index (κ3) is 1.53. The van der Waals surface area contributed by atoms with Crippen LogP contribution in [0, 0.1) is 6.92 Å². The number of amides is 1. The molecule has 0 saturated carbocycles. The van der Waals surface area contributed by atoms with Crippen molar-refractivity contribution in [2.24, 2.45) is 0 Å². The minimum absolute atomic E-state index is 0.142. The highest BCUT2D eigenvalue weighted by Gasteiger charge is 2.09. The summed E-state index contributed by atoms with van der Waals surface area (Å²) in [6, 6.07) is 1.72. The lowest BCUT2D eigenvalue weighted by Gasteiger charge is -1.91. The first-order valence-corrected chi connectivity index (χ1v) is 4.28. The number of carbonyl (C=O) groups excluding carboxylic acids is 2. The number of rotatable bonds is 2. The van der Waals surface area contributed by atoms with E-state index in [4.69, 9.17) is 0 Å². The minimum Gasteiger partial charge on any atom is -0.354 e. The van der Waals surface area contributed by atoms with Crippen LogP contribution in [0.25, 0.3) is 0 Å². The average molecular weight is 183 g/mol. The van der Waals surface area contributed by atoms with E-state index in [-0.39, 0.29) is 5.91 Å². The quantitative estimate of drug-likeness (QED) is 0.701. The van der Waals surface area contributed by atoms with Gasteiger partial charge in [-0.3, -0.25) is 9.59 Å². The van der Waals surface area contributed by atoms with Gasteiger partial charge in [0.15, 0.2) is 6.29 Å². The monoisotopic (exact) mass is 183 g/mol. The number of hydrogen-bond donors (Lipinski definition) is 1. The van der Waals surface area contributed by atoms with Gasteiger partial charge in [0.05, 0.1) is 9.75 Å². The van der Waals surface area contributed by atoms with Gasteiger partial charge >= 0.3 is 0 Å². The molecule has 12 heavy (non-hydrogen) atoms. The third-order valence-electron chi connectivity index (χ3n) is 1.51. The highest BCUT2D eigenvalue weighted by atomic mass is 32.1. The smallest absolute Gasteiger partial charge is 0.261 e. The second-order valence-corrected chi connectivity index (χ2v) is 3.44. The predicted molar refractivity (Wildman–Crippen MR) is 47.8 cm³/mol. The average Bonchev–Trinajstić information content (AvgIpc) is 2.45. The lowest BCUT2D eigenvalue weighted by Crippen LogP contribution is -2.16. The van der Waals surface area contributed by atoms with Crippen LogP contribution in [0.15, 0.2) is 6.07 Å². The molecule has 0 aliphatic heterocycles. The molecular formula is C8H9NO2S. The van der Waals surface area contributed by atoms with Gasteiger partial charge in [-0.15, -0.1) is 11.3 Å². The topological polar surface area (TPSA) is 46.2 Å². The second kappa shape index (κ2) is 3.49. The zero-order valence-corrected chi connectivity index (χ0v) is 7.70. The molecule has 0 aliphatic carbocycles. The van der Waals surface area contributed by atoms with Gasteiger partial charge in [-0.1, -0.05) is 0 Å². The molecule has 0 unspecified atom stereocenters. The number of aldehydes is 1. The molecule has 1 rings (SSSR count). The fourth-order valence-electron chi connectivity index (χ4n) is 0.848. The Labute approximate surface area is 74.4 Å². The molecule has 4 heteroatoms. The van der Waals surface area contributed by atoms with Crippen LogP contribution in [0.3, 0.4) is 0 Å². The van der Waals surface area contributed by atoms with Gasteiger partial charge in [0.25, 0.3) is 5.91 Å². The van der Waals surface area contributed by atoms with E-state index < -0.39 is 0 Å². The lowest BCUT2D eigenvalue weighted by molar-refractivity contribution is 0.0967. The van der Waals surface area contributed by atoms with Gasteiger partial charge in [0.1, 0.15) is 0 Å². The Morgan fingerprint density at radius 3 is 2.75 bits per heavy atom. The molecule has 1 heterocycles. The number of carbonyl (C=O) groups is 2. The summed E-state index contributed by atoms with van der Waals surface area (Å²) in [6.07, 6.45) is 0.770. The largest absolute Gasteiger partial charge is 0.354 e. The Kier molecular flexibility index (Phi) is 2.60. The SMILES string of the molecule is CNC(=O)c1cc(C)c(C=O)s1. The second-order valence-electron chi connectivity index (χ2n) is 2.35. The maximum absolute atomic E-state index is 11.1. The summed E-state index contributed by atoms with van der Waals surface area (Å²) in [6.45, 7) is 1.81. The highest BCUT2D eigenvalue weighted by molar-refractivity contribution is 7.15. The van der Waals surface area contributed by atoms with Crippen molar-refractivity contribution in [3.05, 3.63) is 21.4 Å². The molecule has 0 saturated heterocycles. The van der Waals surface area contributed by atoms with Crippen LogP contribution in [-0.4, -0.2) is 19.2 Å². The summed E-state index contributed by atoms with van der Waals surface area (Å²) >= 11 is 1.21. The fraction of sp³-hybridized carbons (Fsp3) is 0.250. The summed E-state index contributed by atoms with van der Waals surface area (Å²) in [5.41, 5.74) is 0.855. The molecule has 1 aromatic rings. The van der Waals surface area contributed by atoms with Crippen molar-refractivity contribution in [1.29, 1.82) is 0 Å². The number of aryl methyl sites for hydroxylation is 1. The van der Waals surface area contributed by atoms with E-state index in [2.05, 4.69) is 5.32 Å². The van der Waals surface area contributed by atoms with E-state index in [1.165, 1.54) is 11.3 Å². The van der Waals surface area contributed by atoms with Crippen LogP contribution >= 0.6 is 11.3 Å². The van der Waals surface area contributed by atoms with Crippen LogP contribution in [0.2, 0.25) is 0 Å². The molecule has 0 aliphatic rings. The Balaban J connectivity index is 3.04. The van der Waals surface area contributed by atoms with E-state index in [0.717, 1.165) is 11.8 Å². The number of thiophene rings is 1. The summed E-state index contributed by atoms with van der Waals surface area (Å²) in [4.78, 5) is 22.7. The predicted octanol–water partition coefficient (Wildman–Crippen LogP) is 1.23. The van der Waals surface area contributed by atoms with Crippen molar-refractivity contribution in [3.8, 4) is 0 Å². The van der Waals surface area contributed by atoms with Crippen molar-refractivity contribution < 1.29 is 9.59 Å². The van der Waals surface area contributed by atoms with Gasteiger partial charge in [0, 0.05) is 7.05 Å². The minimum atomic E-state index is -0.142. The zero-order valence-electron chi connectivity index (χ0n) is 6.88. The molecule has 1 aromatic heterocycles. The Morgan fingerprint density at radius 2 is 2.33 bits per heavy atom. The highest BCUT2D eigenvalue weighted by Crippen LogP contribution is 2.19. The normalized spacial score (nSPS) is 9.50. The first kappa shape index (κ1) is 8.93. The van der Waals surface area contributed by atoms with Gasteiger partial charge in [0.2, 0.25) is 0 Å². The first-order valence-electron chi connectivity index (χ1n) is 3.46. The zero-order chi connectivity index (χ0) is 9.14. The molecule has 1 amide bonds. The fourth-order valence-corrected chi connectivity index (χ4v) is 1.78. The summed E-state index contributed by atoms with van der Waals surface area (Å²) in [5, 5.41) is 2.50. The van der Waals surface area contributed by atoms with E-state index in [1.807, 2.05) is 6.92 Å². The van der Waals surface area contributed by atoms with Gasteiger partial charge in [-0.05, 0) is 18.6 Å². The Bertz CT molecular complexity index is 317. The van der Waals surface area contributed by atoms with E-state index in [1.54, 1.807) is 13.1 Å². The molecule has 64 valence electrons. The van der Waals surface area contributed by atoms with Crippen LogP contribution in [0.1, 0.15) is 24.9 Å². The van der Waals surface area contributed by atoms with Gasteiger partial charge in [-0.25, -0.2) is 0 Å².